The molecule has 1 amide bonds. The maximum absolute atomic E-state index is 11.9. The van der Waals surface area contributed by atoms with Gasteiger partial charge < -0.3 is 10.4 Å². The predicted molar refractivity (Wildman–Crippen MR) is 70.5 cm³/mol. The summed E-state index contributed by atoms with van der Waals surface area (Å²) in [4.78, 5) is 22.3. The molecule has 0 radical (unpaired) electrons. The maximum atomic E-state index is 11.9. The minimum absolute atomic E-state index is 0.0540. The zero-order chi connectivity index (χ0) is 14.5. The van der Waals surface area contributed by atoms with Crippen LogP contribution in [0.25, 0.3) is 0 Å². The Morgan fingerprint density at radius 1 is 1.26 bits per heavy atom. The molecule has 1 fully saturated rings. The summed E-state index contributed by atoms with van der Waals surface area (Å²) in [6.07, 6.45) is 4.54. The minimum atomic E-state index is -3.70. The molecule has 7 heteroatoms. The molecule has 0 heterocycles. The Kier molecular flexibility index (Phi) is 5.78. The number of nitrogens with one attached hydrogen (secondary N) is 1. The number of hydrogen-bond donors (Lipinski definition) is 2. The second-order valence-electron chi connectivity index (χ2n) is 5.00. The van der Waals surface area contributed by atoms with E-state index in [4.69, 9.17) is 5.11 Å². The zero-order valence-electron chi connectivity index (χ0n) is 11.1. The smallest absolute Gasteiger partial charge is 0.304 e. The number of hydrogen-bond acceptors (Lipinski definition) is 4. The monoisotopic (exact) mass is 291 g/mol. The third-order valence-corrected chi connectivity index (χ3v) is 5.52. The number of carbonyl (C=O) groups is 2. The first-order valence-electron chi connectivity index (χ1n) is 6.56. The molecule has 2 N–H and O–H groups in total. The Morgan fingerprint density at radius 2 is 1.84 bits per heavy atom. The third-order valence-electron chi connectivity index (χ3n) is 3.46. The fraction of sp³-hybridized carbons (Fsp3) is 0.833. The molecule has 1 unspecified atom stereocenters. The van der Waals surface area contributed by atoms with Gasteiger partial charge in [0.05, 0.1) is 12.2 Å². The molecule has 1 aliphatic rings. The van der Waals surface area contributed by atoms with Gasteiger partial charge in [0, 0.05) is 6.04 Å². The lowest BCUT2D eigenvalue weighted by Crippen LogP contribution is -2.44. The first kappa shape index (κ1) is 15.9. The summed E-state index contributed by atoms with van der Waals surface area (Å²) < 4.78 is 23.6. The van der Waals surface area contributed by atoms with Gasteiger partial charge in [-0.15, -0.1) is 0 Å². The first-order valence-corrected chi connectivity index (χ1v) is 8.28. The lowest BCUT2D eigenvalue weighted by Gasteiger charge is -2.24. The quantitative estimate of drug-likeness (QED) is 0.750. The molecule has 19 heavy (non-hydrogen) atoms. The average Bonchev–Trinajstić information content (AvgIpc) is 2.36. The third kappa shape index (κ3) is 5.18. The molecule has 1 rings (SSSR count). The van der Waals surface area contributed by atoms with Crippen molar-refractivity contribution in [2.24, 2.45) is 0 Å². The van der Waals surface area contributed by atoms with Crippen molar-refractivity contribution in [3.8, 4) is 0 Å². The topological polar surface area (TPSA) is 101 Å². The molecule has 1 aliphatic carbocycles. The van der Waals surface area contributed by atoms with E-state index in [9.17, 15) is 18.0 Å². The number of aliphatic carboxylic acids is 1. The molecule has 6 nitrogen and oxygen atoms in total. The molecule has 1 atom stereocenters. The molecule has 110 valence electrons. The van der Waals surface area contributed by atoms with Gasteiger partial charge in [0.2, 0.25) is 5.91 Å². The van der Waals surface area contributed by atoms with Crippen molar-refractivity contribution in [2.75, 3.05) is 5.75 Å². The number of carboxylic acid groups (broad SMARTS) is 1. The molecule has 1 saturated carbocycles. The fourth-order valence-electron chi connectivity index (χ4n) is 2.13. The van der Waals surface area contributed by atoms with Gasteiger partial charge in [-0.1, -0.05) is 19.3 Å². The van der Waals surface area contributed by atoms with Gasteiger partial charge in [0.15, 0.2) is 9.84 Å². The van der Waals surface area contributed by atoms with Crippen molar-refractivity contribution < 1.29 is 23.1 Å². The van der Waals surface area contributed by atoms with Crippen LogP contribution < -0.4 is 5.32 Å². The van der Waals surface area contributed by atoms with Crippen LogP contribution in [0.4, 0.5) is 0 Å². The summed E-state index contributed by atoms with van der Waals surface area (Å²) in [6, 6.07) is 0.0540. The molecular weight excluding hydrogens is 270 g/mol. The molecule has 0 aromatic carbocycles. The molecule has 0 saturated heterocycles. The van der Waals surface area contributed by atoms with Crippen molar-refractivity contribution in [1.29, 1.82) is 0 Å². The number of amides is 1. The number of carboxylic acids is 1. The van der Waals surface area contributed by atoms with Gasteiger partial charge >= 0.3 is 5.97 Å². The molecule has 0 bridgehead atoms. The standard InChI is InChI=1S/C12H21NO5S/c1-9(19(17,18)8-7-11(14)15)12(16)13-10-5-3-2-4-6-10/h9-10H,2-8H2,1H3,(H,13,16)(H,14,15). The SMILES string of the molecule is CC(C(=O)NC1CCCCC1)S(=O)(=O)CCC(=O)O. The normalized spacial score (nSPS) is 18.8. The van der Waals surface area contributed by atoms with Crippen molar-refractivity contribution in [3.05, 3.63) is 0 Å². The second-order valence-corrected chi connectivity index (χ2v) is 7.44. The zero-order valence-corrected chi connectivity index (χ0v) is 11.9. The van der Waals surface area contributed by atoms with E-state index >= 15 is 0 Å². The van der Waals surface area contributed by atoms with E-state index in [1.807, 2.05) is 0 Å². The van der Waals surface area contributed by atoms with Crippen molar-refractivity contribution >= 4 is 21.7 Å². The largest absolute Gasteiger partial charge is 0.481 e. The van der Waals surface area contributed by atoms with Gasteiger partial charge in [-0.25, -0.2) is 8.42 Å². The molecular formula is C12H21NO5S. The molecule has 0 aliphatic heterocycles. The maximum Gasteiger partial charge on any atom is 0.304 e. The highest BCUT2D eigenvalue weighted by Gasteiger charge is 2.29. The van der Waals surface area contributed by atoms with E-state index in [0.717, 1.165) is 32.1 Å². The summed E-state index contributed by atoms with van der Waals surface area (Å²) in [7, 11) is -3.70. The van der Waals surface area contributed by atoms with Crippen LogP contribution >= 0.6 is 0 Å². The van der Waals surface area contributed by atoms with Crippen molar-refractivity contribution in [2.45, 2.75) is 56.7 Å². The minimum Gasteiger partial charge on any atom is -0.481 e. The van der Waals surface area contributed by atoms with E-state index in [-0.39, 0.29) is 6.04 Å². The predicted octanol–water partition coefficient (Wildman–Crippen LogP) is 0.713. The summed E-state index contributed by atoms with van der Waals surface area (Å²) in [5.41, 5.74) is 0. The summed E-state index contributed by atoms with van der Waals surface area (Å²) in [6.45, 7) is 1.31. The van der Waals surface area contributed by atoms with Gasteiger partial charge in [0.1, 0.15) is 5.25 Å². The first-order chi connectivity index (χ1) is 8.83. The number of carbonyl (C=O) groups excluding carboxylic acids is 1. The van der Waals surface area contributed by atoms with Crippen molar-refractivity contribution in [1.82, 2.24) is 5.32 Å². The summed E-state index contributed by atoms with van der Waals surface area (Å²) >= 11 is 0. The van der Waals surface area contributed by atoms with Crippen LogP contribution in [0.1, 0.15) is 45.4 Å². The van der Waals surface area contributed by atoms with E-state index in [1.165, 1.54) is 6.92 Å². The number of rotatable bonds is 6. The van der Waals surface area contributed by atoms with Crippen LogP contribution in [0, 0.1) is 0 Å². The van der Waals surface area contributed by atoms with Gasteiger partial charge in [-0.3, -0.25) is 9.59 Å². The van der Waals surface area contributed by atoms with Gasteiger partial charge in [0.25, 0.3) is 0 Å². The fourth-order valence-corrected chi connectivity index (χ4v) is 3.34. The van der Waals surface area contributed by atoms with E-state index in [2.05, 4.69) is 5.32 Å². The Balaban J connectivity index is 2.52. The van der Waals surface area contributed by atoms with Crippen LogP contribution in [-0.4, -0.2) is 42.4 Å². The Hall–Kier alpha value is -1.11. The summed E-state index contributed by atoms with van der Waals surface area (Å²) in [5.74, 6) is -2.19. The molecule has 0 spiro atoms. The van der Waals surface area contributed by atoms with Crippen LogP contribution in [-0.2, 0) is 19.4 Å². The van der Waals surface area contributed by atoms with Crippen LogP contribution in [0.3, 0.4) is 0 Å². The van der Waals surface area contributed by atoms with Gasteiger partial charge in [-0.05, 0) is 19.8 Å². The Labute approximate surface area is 113 Å². The van der Waals surface area contributed by atoms with E-state index in [1.54, 1.807) is 0 Å². The Morgan fingerprint density at radius 3 is 2.37 bits per heavy atom. The van der Waals surface area contributed by atoms with Crippen LogP contribution in [0.5, 0.6) is 0 Å². The second kappa shape index (κ2) is 6.88. The lowest BCUT2D eigenvalue weighted by molar-refractivity contribution is -0.136. The average molecular weight is 291 g/mol. The van der Waals surface area contributed by atoms with Crippen LogP contribution in [0.15, 0.2) is 0 Å². The van der Waals surface area contributed by atoms with E-state index < -0.39 is 39.1 Å². The van der Waals surface area contributed by atoms with E-state index in [0.29, 0.717) is 0 Å². The molecule has 0 aromatic rings. The highest BCUT2D eigenvalue weighted by molar-refractivity contribution is 7.92. The lowest BCUT2D eigenvalue weighted by atomic mass is 9.95. The Bertz CT molecular complexity index is 425. The number of sulfone groups is 1. The highest BCUT2D eigenvalue weighted by atomic mass is 32.2. The molecule has 0 aromatic heterocycles. The van der Waals surface area contributed by atoms with Crippen LogP contribution in [0.2, 0.25) is 0 Å². The van der Waals surface area contributed by atoms with Gasteiger partial charge in [-0.2, -0.15) is 0 Å². The van der Waals surface area contributed by atoms with Crippen molar-refractivity contribution in [3.63, 3.8) is 0 Å². The summed E-state index contributed by atoms with van der Waals surface area (Å²) in [5, 5.41) is 10.1. The highest BCUT2D eigenvalue weighted by Crippen LogP contribution is 2.18.